The van der Waals surface area contributed by atoms with Crippen molar-refractivity contribution in [2.75, 3.05) is 31.1 Å². The SMILES string of the molecule is O=C(C(Cc1ccccc1)N1C(=O)c2ccccc2C1=O)N1CCN(c2ccc(F)cc2)CC1. The molecule has 0 aliphatic carbocycles. The summed E-state index contributed by atoms with van der Waals surface area (Å²) in [6, 6.07) is 21.5. The van der Waals surface area contributed by atoms with Crippen LogP contribution < -0.4 is 4.90 Å². The molecule has 2 heterocycles. The van der Waals surface area contributed by atoms with E-state index in [1.54, 1.807) is 41.3 Å². The molecule has 1 unspecified atom stereocenters. The van der Waals surface area contributed by atoms with E-state index in [0.717, 1.165) is 16.2 Å². The van der Waals surface area contributed by atoms with E-state index < -0.39 is 17.9 Å². The fourth-order valence-corrected chi connectivity index (χ4v) is 4.67. The van der Waals surface area contributed by atoms with Crippen LogP contribution in [-0.4, -0.2) is 59.7 Å². The van der Waals surface area contributed by atoms with Gasteiger partial charge in [-0.25, -0.2) is 4.39 Å². The average Bonchev–Trinajstić information content (AvgIpc) is 3.13. The molecule has 1 saturated heterocycles. The van der Waals surface area contributed by atoms with Crippen LogP contribution in [0.15, 0.2) is 78.9 Å². The summed E-state index contributed by atoms with van der Waals surface area (Å²) in [4.78, 5) is 45.0. The average molecular weight is 458 g/mol. The zero-order chi connectivity index (χ0) is 23.7. The molecule has 0 saturated carbocycles. The number of benzene rings is 3. The van der Waals surface area contributed by atoms with Gasteiger partial charge in [0.15, 0.2) is 0 Å². The maximum Gasteiger partial charge on any atom is 0.262 e. The first-order chi connectivity index (χ1) is 16.5. The Balaban J connectivity index is 1.38. The molecule has 0 radical (unpaired) electrons. The summed E-state index contributed by atoms with van der Waals surface area (Å²) in [7, 11) is 0. The lowest BCUT2D eigenvalue weighted by atomic mass is 10.0. The van der Waals surface area contributed by atoms with E-state index in [-0.39, 0.29) is 18.1 Å². The van der Waals surface area contributed by atoms with Crippen molar-refractivity contribution in [2.24, 2.45) is 0 Å². The predicted octanol–water partition coefficient (Wildman–Crippen LogP) is 3.38. The normalized spacial score (nSPS) is 16.6. The monoisotopic (exact) mass is 457 g/mol. The molecule has 3 aromatic carbocycles. The Morgan fingerprint density at radius 1 is 0.765 bits per heavy atom. The second-order valence-corrected chi connectivity index (χ2v) is 8.52. The quantitative estimate of drug-likeness (QED) is 0.551. The maximum absolute atomic E-state index is 13.7. The molecule has 34 heavy (non-hydrogen) atoms. The van der Waals surface area contributed by atoms with Gasteiger partial charge < -0.3 is 9.80 Å². The molecule has 1 fully saturated rings. The van der Waals surface area contributed by atoms with Crippen molar-refractivity contribution in [3.63, 3.8) is 0 Å². The number of nitrogens with zero attached hydrogens (tertiary/aromatic N) is 3. The minimum atomic E-state index is -0.924. The molecule has 6 nitrogen and oxygen atoms in total. The minimum absolute atomic E-state index is 0.239. The minimum Gasteiger partial charge on any atom is -0.368 e. The first-order valence-electron chi connectivity index (χ1n) is 11.3. The van der Waals surface area contributed by atoms with Crippen molar-refractivity contribution < 1.29 is 18.8 Å². The standard InChI is InChI=1S/C27H24FN3O3/c28-20-10-12-21(13-11-20)29-14-16-30(17-15-29)27(34)24(18-19-6-2-1-3-7-19)31-25(32)22-8-4-5-9-23(22)26(31)33/h1-13,24H,14-18H2. The molecule has 0 spiro atoms. The van der Waals surface area contributed by atoms with Gasteiger partial charge in [0.05, 0.1) is 11.1 Å². The van der Waals surface area contributed by atoms with Crippen LogP contribution in [0, 0.1) is 5.82 Å². The Morgan fingerprint density at radius 3 is 1.91 bits per heavy atom. The van der Waals surface area contributed by atoms with Gasteiger partial charge >= 0.3 is 0 Å². The second-order valence-electron chi connectivity index (χ2n) is 8.52. The fourth-order valence-electron chi connectivity index (χ4n) is 4.67. The van der Waals surface area contributed by atoms with E-state index in [0.29, 0.717) is 37.3 Å². The molecule has 0 aromatic heterocycles. The zero-order valence-corrected chi connectivity index (χ0v) is 18.6. The van der Waals surface area contributed by atoms with Gasteiger partial charge in [0, 0.05) is 38.3 Å². The van der Waals surface area contributed by atoms with E-state index in [2.05, 4.69) is 4.90 Å². The smallest absolute Gasteiger partial charge is 0.262 e. The summed E-state index contributed by atoms with van der Waals surface area (Å²) in [5.74, 6) is -1.39. The van der Waals surface area contributed by atoms with Crippen LogP contribution in [-0.2, 0) is 11.2 Å². The van der Waals surface area contributed by atoms with E-state index >= 15 is 0 Å². The molecule has 1 atom stereocenters. The van der Waals surface area contributed by atoms with Crippen molar-refractivity contribution in [1.82, 2.24) is 9.80 Å². The largest absolute Gasteiger partial charge is 0.368 e. The third kappa shape index (κ3) is 4.05. The highest BCUT2D eigenvalue weighted by molar-refractivity contribution is 6.22. The number of hydrogen-bond acceptors (Lipinski definition) is 4. The van der Waals surface area contributed by atoms with Crippen molar-refractivity contribution in [3.8, 4) is 0 Å². The Labute approximate surface area is 197 Å². The predicted molar refractivity (Wildman–Crippen MR) is 126 cm³/mol. The van der Waals surface area contributed by atoms with Crippen LogP contribution >= 0.6 is 0 Å². The molecule has 0 N–H and O–H groups in total. The highest BCUT2D eigenvalue weighted by Gasteiger charge is 2.44. The number of amides is 3. The van der Waals surface area contributed by atoms with Gasteiger partial charge in [0.2, 0.25) is 5.91 Å². The van der Waals surface area contributed by atoms with E-state index in [1.807, 2.05) is 30.3 Å². The van der Waals surface area contributed by atoms with Gasteiger partial charge in [0.25, 0.3) is 11.8 Å². The fraction of sp³-hybridized carbons (Fsp3) is 0.222. The summed E-state index contributed by atoms with van der Waals surface area (Å²) in [5.41, 5.74) is 2.44. The van der Waals surface area contributed by atoms with Crippen LogP contribution in [0.2, 0.25) is 0 Å². The molecular weight excluding hydrogens is 433 g/mol. The lowest BCUT2D eigenvalue weighted by Gasteiger charge is -2.38. The highest BCUT2D eigenvalue weighted by Crippen LogP contribution is 2.27. The lowest BCUT2D eigenvalue weighted by molar-refractivity contribution is -0.135. The molecule has 172 valence electrons. The molecule has 7 heteroatoms. The molecule has 2 aliphatic heterocycles. The lowest BCUT2D eigenvalue weighted by Crippen LogP contribution is -2.56. The van der Waals surface area contributed by atoms with Crippen LogP contribution in [0.3, 0.4) is 0 Å². The topological polar surface area (TPSA) is 60.9 Å². The van der Waals surface area contributed by atoms with Crippen molar-refractivity contribution in [1.29, 1.82) is 0 Å². The summed E-state index contributed by atoms with van der Waals surface area (Å²) >= 11 is 0. The first-order valence-corrected chi connectivity index (χ1v) is 11.3. The van der Waals surface area contributed by atoms with Gasteiger partial charge in [-0.15, -0.1) is 0 Å². The van der Waals surface area contributed by atoms with Crippen LogP contribution in [0.4, 0.5) is 10.1 Å². The Hall–Kier alpha value is -4.00. The maximum atomic E-state index is 13.7. The van der Waals surface area contributed by atoms with Gasteiger partial charge in [-0.1, -0.05) is 42.5 Å². The number of piperazine rings is 1. The van der Waals surface area contributed by atoms with E-state index in [4.69, 9.17) is 0 Å². The summed E-state index contributed by atoms with van der Waals surface area (Å²) < 4.78 is 13.3. The van der Waals surface area contributed by atoms with Gasteiger partial charge in [-0.05, 0) is 42.0 Å². The van der Waals surface area contributed by atoms with Crippen molar-refractivity contribution >= 4 is 23.4 Å². The molecule has 0 bridgehead atoms. The number of imide groups is 1. The molecule has 5 rings (SSSR count). The van der Waals surface area contributed by atoms with Crippen LogP contribution in [0.1, 0.15) is 26.3 Å². The highest BCUT2D eigenvalue weighted by atomic mass is 19.1. The Kier molecular flexibility index (Phi) is 5.84. The number of carbonyl (C=O) groups excluding carboxylic acids is 3. The van der Waals surface area contributed by atoms with Crippen LogP contribution in [0.25, 0.3) is 0 Å². The van der Waals surface area contributed by atoms with E-state index in [1.165, 1.54) is 12.1 Å². The van der Waals surface area contributed by atoms with Crippen molar-refractivity contribution in [3.05, 3.63) is 101 Å². The third-order valence-electron chi connectivity index (χ3n) is 6.48. The number of fused-ring (bicyclic) bond motifs is 1. The number of carbonyl (C=O) groups is 3. The summed E-state index contributed by atoms with van der Waals surface area (Å²) in [6.45, 7) is 2.06. The number of hydrogen-bond donors (Lipinski definition) is 0. The molecule has 3 amide bonds. The number of rotatable bonds is 5. The zero-order valence-electron chi connectivity index (χ0n) is 18.6. The Morgan fingerprint density at radius 2 is 1.32 bits per heavy atom. The molecule has 3 aromatic rings. The Bertz CT molecular complexity index is 1190. The van der Waals surface area contributed by atoms with Crippen molar-refractivity contribution in [2.45, 2.75) is 12.5 Å². The summed E-state index contributed by atoms with van der Waals surface area (Å²) in [5, 5.41) is 0. The second kappa shape index (κ2) is 9.09. The van der Waals surface area contributed by atoms with Gasteiger partial charge in [0.1, 0.15) is 11.9 Å². The van der Waals surface area contributed by atoms with E-state index in [9.17, 15) is 18.8 Å². The first kappa shape index (κ1) is 21.8. The van der Waals surface area contributed by atoms with Crippen LogP contribution in [0.5, 0.6) is 0 Å². The number of anilines is 1. The summed E-state index contributed by atoms with van der Waals surface area (Å²) in [6.07, 6.45) is 0.253. The van der Waals surface area contributed by atoms with Gasteiger partial charge in [-0.2, -0.15) is 0 Å². The third-order valence-corrected chi connectivity index (χ3v) is 6.48. The number of halogens is 1. The molecular formula is C27H24FN3O3. The van der Waals surface area contributed by atoms with Gasteiger partial charge in [-0.3, -0.25) is 19.3 Å². The molecule has 2 aliphatic rings.